The first-order valence-electron chi connectivity index (χ1n) is 5.02. The van der Waals surface area contributed by atoms with Gasteiger partial charge in [-0.2, -0.15) is 0 Å². The van der Waals surface area contributed by atoms with Crippen LogP contribution in [-0.4, -0.2) is 36.0 Å². The topological polar surface area (TPSA) is 58.1 Å². The second-order valence-electron chi connectivity index (χ2n) is 3.30. The van der Waals surface area contributed by atoms with E-state index in [4.69, 9.17) is 11.6 Å². The quantitative estimate of drug-likeness (QED) is 0.801. The van der Waals surface area contributed by atoms with E-state index in [-0.39, 0.29) is 12.5 Å². The van der Waals surface area contributed by atoms with Gasteiger partial charge in [0.15, 0.2) is 0 Å². The van der Waals surface area contributed by atoms with Crippen LogP contribution in [0.5, 0.6) is 0 Å². The Morgan fingerprint density at radius 2 is 2.25 bits per heavy atom. The van der Waals surface area contributed by atoms with Crippen molar-refractivity contribution in [3.05, 3.63) is 17.0 Å². The van der Waals surface area contributed by atoms with E-state index in [1.165, 1.54) is 6.33 Å². The maximum atomic E-state index is 11.3. The molecule has 0 fully saturated rings. The Morgan fingerprint density at radius 1 is 1.56 bits per heavy atom. The van der Waals surface area contributed by atoms with E-state index in [9.17, 15) is 4.79 Å². The van der Waals surface area contributed by atoms with E-state index in [0.29, 0.717) is 17.5 Å². The molecule has 88 valence electrons. The Morgan fingerprint density at radius 3 is 2.81 bits per heavy atom. The molecule has 1 aromatic rings. The van der Waals surface area contributed by atoms with Crippen LogP contribution in [0.3, 0.4) is 0 Å². The van der Waals surface area contributed by atoms with E-state index in [1.807, 2.05) is 18.7 Å². The van der Waals surface area contributed by atoms with Gasteiger partial charge in [0.25, 0.3) is 0 Å². The van der Waals surface area contributed by atoms with Gasteiger partial charge in [0.1, 0.15) is 17.3 Å². The molecule has 0 aromatic carbocycles. The summed E-state index contributed by atoms with van der Waals surface area (Å²) < 4.78 is 0. The van der Waals surface area contributed by atoms with E-state index >= 15 is 0 Å². The van der Waals surface area contributed by atoms with Crippen LogP contribution in [-0.2, 0) is 4.79 Å². The lowest BCUT2D eigenvalue weighted by Gasteiger charge is -2.22. The minimum atomic E-state index is -0.0593. The number of hydrogen-bond acceptors (Lipinski definition) is 4. The van der Waals surface area contributed by atoms with Crippen LogP contribution in [0.2, 0.25) is 5.15 Å². The molecule has 0 aliphatic rings. The average Bonchev–Trinajstić information content (AvgIpc) is 2.29. The minimum absolute atomic E-state index is 0.0593. The van der Waals surface area contributed by atoms with Crippen molar-refractivity contribution in [3.8, 4) is 0 Å². The number of anilines is 1. The number of carbonyl (C=O) groups is 1. The van der Waals surface area contributed by atoms with Crippen LogP contribution in [0.4, 0.5) is 5.82 Å². The lowest BCUT2D eigenvalue weighted by Crippen LogP contribution is -2.36. The first kappa shape index (κ1) is 12.7. The third-order valence-electron chi connectivity index (χ3n) is 2.29. The van der Waals surface area contributed by atoms with E-state index < -0.39 is 0 Å². The molecule has 0 saturated heterocycles. The molecule has 1 aromatic heterocycles. The van der Waals surface area contributed by atoms with Crippen LogP contribution in [0.1, 0.15) is 12.5 Å². The first-order chi connectivity index (χ1) is 7.60. The largest absolute Gasteiger partial charge is 0.358 e. The van der Waals surface area contributed by atoms with Gasteiger partial charge in [-0.05, 0) is 13.8 Å². The van der Waals surface area contributed by atoms with Gasteiger partial charge in [-0.1, -0.05) is 11.6 Å². The molecule has 0 bridgehead atoms. The van der Waals surface area contributed by atoms with Crippen molar-refractivity contribution in [1.29, 1.82) is 0 Å². The fraction of sp³-hybridized carbons (Fsp3) is 0.500. The monoisotopic (exact) mass is 242 g/mol. The van der Waals surface area contributed by atoms with Crippen molar-refractivity contribution in [2.45, 2.75) is 13.8 Å². The lowest BCUT2D eigenvalue weighted by atomic mass is 10.3. The summed E-state index contributed by atoms with van der Waals surface area (Å²) in [6.07, 6.45) is 1.40. The maximum Gasteiger partial charge on any atom is 0.239 e. The van der Waals surface area contributed by atoms with E-state index in [2.05, 4.69) is 15.3 Å². The number of nitrogens with one attached hydrogen (secondary N) is 1. The molecule has 1 N–H and O–H groups in total. The van der Waals surface area contributed by atoms with Crippen molar-refractivity contribution >= 4 is 23.3 Å². The third-order valence-corrected chi connectivity index (χ3v) is 2.67. The Hall–Kier alpha value is -1.36. The molecular weight excluding hydrogens is 228 g/mol. The number of hydrogen-bond donors (Lipinski definition) is 1. The predicted molar refractivity (Wildman–Crippen MR) is 63.7 cm³/mol. The van der Waals surface area contributed by atoms with Gasteiger partial charge >= 0.3 is 0 Å². The maximum absolute atomic E-state index is 11.3. The predicted octanol–water partition coefficient (Wildman–Crippen LogP) is 1.01. The standard InChI is InChI=1S/C10H15ClN4O/c1-4-15(5-8(16)12-3)10-7(2)9(11)13-6-14-10/h6H,4-5H2,1-3H3,(H,12,16). The number of carbonyl (C=O) groups excluding carboxylic acids is 1. The van der Waals surface area contributed by atoms with Crippen molar-refractivity contribution < 1.29 is 4.79 Å². The van der Waals surface area contributed by atoms with Gasteiger partial charge in [-0.3, -0.25) is 4.79 Å². The highest BCUT2D eigenvalue weighted by atomic mass is 35.5. The van der Waals surface area contributed by atoms with E-state index in [0.717, 1.165) is 5.56 Å². The molecule has 6 heteroatoms. The molecule has 0 spiro atoms. The van der Waals surface area contributed by atoms with Crippen LogP contribution in [0.15, 0.2) is 6.33 Å². The summed E-state index contributed by atoms with van der Waals surface area (Å²) >= 11 is 5.91. The third kappa shape index (κ3) is 2.82. The first-order valence-corrected chi connectivity index (χ1v) is 5.40. The number of halogens is 1. The summed E-state index contributed by atoms with van der Waals surface area (Å²) in [5.74, 6) is 0.641. The zero-order valence-corrected chi connectivity index (χ0v) is 10.4. The molecule has 0 saturated carbocycles. The normalized spacial score (nSPS) is 10.0. The highest BCUT2D eigenvalue weighted by molar-refractivity contribution is 6.30. The molecule has 0 aliphatic carbocycles. The second-order valence-corrected chi connectivity index (χ2v) is 3.66. The number of rotatable bonds is 4. The fourth-order valence-corrected chi connectivity index (χ4v) is 1.46. The zero-order chi connectivity index (χ0) is 12.1. The molecule has 0 unspecified atom stereocenters. The number of likely N-dealkylation sites (N-methyl/N-ethyl adjacent to an activating group) is 2. The molecule has 0 aliphatic heterocycles. The summed E-state index contributed by atoms with van der Waals surface area (Å²) in [5.41, 5.74) is 0.787. The number of aromatic nitrogens is 2. The minimum Gasteiger partial charge on any atom is -0.358 e. The zero-order valence-electron chi connectivity index (χ0n) is 9.62. The van der Waals surface area contributed by atoms with E-state index in [1.54, 1.807) is 7.05 Å². The van der Waals surface area contributed by atoms with Gasteiger partial charge in [0.2, 0.25) is 5.91 Å². The number of nitrogens with zero attached hydrogens (tertiary/aromatic N) is 3. The molecule has 1 amide bonds. The van der Waals surface area contributed by atoms with Crippen LogP contribution < -0.4 is 10.2 Å². The van der Waals surface area contributed by atoms with Crippen LogP contribution >= 0.6 is 11.6 Å². The summed E-state index contributed by atoms with van der Waals surface area (Å²) in [6, 6.07) is 0. The van der Waals surface area contributed by atoms with Crippen molar-refractivity contribution in [3.63, 3.8) is 0 Å². The summed E-state index contributed by atoms with van der Waals surface area (Å²) in [4.78, 5) is 21.2. The summed E-state index contributed by atoms with van der Waals surface area (Å²) in [7, 11) is 1.61. The van der Waals surface area contributed by atoms with Crippen molar-refractivity contribution in [2.24, 2.45) is 0 Å². The highest BCUT2D eigenvalue weighted by Gasteiger charge is 2.14. The molecule has 0 atom stereocenters. The van der Waals surface area contributed by atoms with Crippen LogP contribution in [0.25, 0.3) is 0 Å². The van der Waals surface area contributed by atoms with Gasteiger partial charge in [0, 0.05) is 19.2 Å². The molecule has 16 heavy (non-hydrogen) atoms. The van der Waals surface area contributed by atoms with Crippen molar-refractivity contribution in [1.82, 2.24) is 15.3 Å². The number of amides is 1. The Bertz CT molecular complexity index is 383. The van der Waals surface area contributed by atoms with Gasteiger partial charge < -0.3 is 10.2 Å². The summed E-state index contributed by atoms with van der Waals surface area (Å²) in [6.45, 7) is 4.74. The molecular formula is C10H15ClN4O. The second kappa shape index (κ2) is 5.65. The molecule has 5 nitrogen and oxygen atoms in total. The van der Waals surface area contributed by atoms with Crippen molar-refractivity contribution in [2.75, 3.05) is 25.0 Å². The van der Waals surface area contributed by atoms with Crippen LogP contribution in [0, 0.1) is 6.92 Å². The molecule has 1 rings (SSSR count). The smallest absolute Gasteiger partial charge is 0.239 e. The SMILES string of the molecule is CCN(CC(=O)NC)c1ncnc(Cl)c1C. The lowest BCUT2D eigenvalue weighted by molar-refractivity contribution is -0.119. The van der Waals surface area contributed by atoms with Gasteiger partial charge in [0.05, 0.1) is 6.54 Å². The Labute approximate surface area is 99.8 Å². The highest BCUT2D eigenvalue weighted by Crippen LogP contribution is 2.21. The fourth-order valence-electron chi connectivity index (χ4n) is 1.33. The van der Waals surface area contributed by atoms with Gasteiger partial charge in [-0.15, -0.1) is 0 Å². The Kier molecular flexibility index (Phi) is 4.49. The molecule has 0 radical (unpaired) electrons. The average molecular weight is 243 g/mol. The Balaban J connectivity index is 2.95. The summed E-state index contributed by atoms with van der Waals surface area (Å²) in [5, 5.41) is 2.99. The van der Waals surface area contributed by atoms with Gasteiger partial charge in [-0.25, -0.2) is 9.97 Å². The molecule has 1 heterocycles.